The monoisotopic (exact) mass is 507 g/mol. The summed E-state index contributed by atoms with van der Waals surface area (Å²) >= 11 is 8.00. The first-order chi connectivity index (χ1) is 14.3. The molecule has 0 aliphatic heterocycles. The van der Waals surface area contributed by atoms with Crippen molar-refractivity contribution in [2.24, 2.45) is 5.92 Å². The lowest BCUT2D eigenvalue weighted by Crippen LogP contribution is -2.33. The SMILES string of the molecule is CCC(CC)C(c1ccnn1-c1ccccc1)N(S)S(=O)(=O)c1ccc(Br)c(C)c1. The number of hydrogen-bond donors (Lipinski definition) is 1. The van der Waals surface area contributed by atoms with Crippen molar-refractivity contribution in [2.45, 2.75) is 44.6 Å². The third-order valence-corrected chi connectivity index (χ3v) is 8.74. The number of nitrogens with zero attached hydrogens (tertiary/aromatic N) is 3. The topological polar surface area (TPSA) is 55.2 Å². The number of rotatable bonds is 8. The van der Waals surface area contributed by atoms with Gasteiger partial charge in [-0.1, -0.05) is 73.6 Å². The van der Waals surface area contributed by atoms with Crippen molar-refractivity contribution >= 4 is 38.8 Å². The number of halogens is 1. The molecule has 1 unspecified atom stereocenters. The number of aryl methyl sites for hydroxylation is 1. The molecular formula is C22H26BrN3O2S2. The first-order valence-electron chi connectivity index (χ1n) is 9.90. The zero-order chi connectivity index (χ0) is 21.9. The van der Waals surface area contributed by atoms with Gasteiger partial charge in [-0.25, -0.2) is 13.1 Å². The second-order valence-corrected chi connectivity index (χ2v) is 10.6. The van der Waals surface area contributed by atoms with Gasteiger partial charge in [0.1, 0.15) is 0 Å². The number of thiol groups is 1. The number of benzene rings is 2. The van der Waals surface area contributed by atoms with E-state index in [1.165, 1.54) is 3.71 Å². The molecule has 0 saturated heterocycles. The van der Waals surface area contributed by atoms with Gasteiger partial charge in [0.2, 0.25) is 0 Å². The van der Waals surface area contributed by atoms with Gasteiger partial charge in [-0.05, 0) is 54.8 Å². The van der Waals surface area contributed by atoms with Gasteiger partial charge in [-0.2, -0.15) is 5.10 Å². The lowest BCUT2D eigenvalue weighted by molar-refractivity contribution is 0.305. The molecule has 3 rings (SSSR count). The van der Waals surface area contributed by atoms with Crippen molar-refractivity contribution in [1.29, 1.82) is 0 Å². The van der Waals surface area contributed by atoms with Crippen LogP contribution in [0, 0.1) is 12.8 Å². The Labute approximate surface area is 192 Å². The molecule has 0 fully saturated rings. The summed E-state index contributed by atoms with van der Waals surface area (Å²) in [5.74, 6) is 0.0768. The van der Waals surface area contributed by atoms with Crippen LogP contribution in [-0.2, 0) is 10.0 Å². The third kappa shape index (κ3) is 4.51. The molecule has 2 aromatic carbocycles. The number of para-hydroxylation sites is 1. The lowest BCUT2D eigenvalue weighted by atomic mass is 9.92. The molecule has 0 N–H and O–H groups in total. The van der Waals surface area contributed by atoms with Crippen molar-refractivity contribution in [3.63, 3.8) is 0 Å². The fraction of sp³-hybridized carbons (Fsp3) is 0.318. The Balaban J connectivity index is 2.12. The minimum absolute atomic E-state index is 0.0768. The molecule has 3 aromatic rings. The number of hydrogen-bond acceptors (Lipinski definition) is 4. The van der Waals surface area contributed by atoms with Gasteiger partial charge < -0.3 is 0 Å². The maximum Gasteiger partial charge on any atom is 0.252 e. The first kappa shape index (κ1) is 23.1. The van der Waals surface area contributed by atoms with Crippen molar-refractivity contribution in [3.8, 4) is 5.69 Å². The van der Waals surface area contributed by atoms with E-state index in [1.807, 2.05) is 43.3 Å². The highest BCUT2D eigenvalue weighted by atomic mass is 79.9. The maximum absolute atomic E-state index is 13.5. The highest BCUT2D eigenvalue weighted by Crippen LogP contribution is 2.39. The zero-order valence-corrected chi connectivity index (χ0v) is 20.5. The van der Waals surface area contributed by atoms with E-state index >= 15 is 0 Å². The fourth-order valence-electron chi connectivity index (χ4n) is 3.63. The van der Waals surface area contributed by atoms with E-state index in [9.17, 15) is 8.42 Å². The summed E-state index contributed by atoms with van der Waals surface area (Å²) in [5.41, 5.74) is 2.53. The van der Waals surface area contributed by atoms with Gasteiger partial charge in [0.05, 0.1) is 22.3 Å². The van der Waals surface area contributed by atoms with E-state index in [2.05, 4.69) is 47.7 Å². The molecule has 30 heavy (non-hydrogen) atoms. The van der Waals surface area contributed by atoms with E-state index in [0.717, 1.165) is 34.3 Å². The molecule has 0 aliphatic carbocycles. The van der Waals surface area contributed by atoms with Crippen molar-refractivity contribution in [3.05, 3.63) is 76.5 Å². The van der Waals surface area contributed by atoms with Crippen LogP contribution in [0.5, 0.6) is 0 Å². The minimum Gasteiger partial charge on any atom is -0.236 e. The Kier molecular flexibility index (Phi) is 7.44. The molecule has 8 heteroatoms. The van der Waals surface area contributed by atoms with Crippen LogP contribution in [0.1, 0.15) is 44.0 Å². The van der Waals surface area contributed by atoms with Crippen LogP contribution >= 0.6 is 28.7 Å². The lowest BCUT2D eigenvalue weighted by Gasteiger charge is -2.32. The third-order valence-electron chi connectivity index (χ3n) is 5.38. The van der Waals surface area contributed by atoms with Gasteiger partial charge in [0, 0.05) is 10.7 Å². The van der Waals surface area contributed by atoms with Crippen LogP contribution in [0.15, 0.2) is 70.2 Å². The standard InChI is InChI=1S/C22H26BrN3O2S2/c1-4-17(5-2)22(21-13-14-24-25(21)18-9-7-6-8-10-18)26(29)30(27,28)19-11-12-20(23)16(3)15-19/h6-15,17,22,29H,4-5H2,1-3H3. The second-order valence-electron chi connectivity index (χ2n) is 7.21. The Bertz CT molecular complexity index is 1100. The van der Waals surface area contributed by atoms with Crippen molar-refractivity contribution in [2.75, 3.05) is 0 Å². The van der Waals surface area contributed by atoms with Crippen LogP contribution in [0.2, 0.25) is 0 Å². The van der Waals surface area contributed by atoms with Gasteiger partial charge >= 0.3 is 0 Å². The first-order valence-corrected chi connectivity index (χ1v) is 12.5. The van der Waals surface area contributed by atoms with E-state index in [0.29, 0.717) is 0 Å². The number of sulfonamides is 1. The molecule has 0 bridgehead atoms. The Hall–Kier alpha value is -1.61. The predicted molar refractivity (Wildman–Crippen MR) is 127 cm³/mol. The smallest absolute Gasteiger partial charge is 0.236 e. The molecule has 0 aliphatic rings. The summed E-state index contributed by atoms with van der Waals surface area (Å²) in [6.45, 7) is 6.01. The summed E-state index contributed by atoms with van der Waals surface area (Å²) in [7, 11) is -3.83. The summed E-state index contributed by atoms with van der Waals surface area (Å²) < 4.78 is 30.9. The van der Waals surface area contributed by atoms with Crippen LogP contribution in [0.3, 0.4) is 0 Å². The molecule has 1 heterocycles. The van der Waals surface area contributed by atoms with Gasteiger partial charge in [-0.3, -0.25) is 0 Å². The Morgan fingerprint density at radius 2 is 1.77 bits per heavy atom. The molecule has 0 spiro atoms. The Morgan fingerprint density at radius 3 is 2.37 bits per heavy atom. The molecule has 1 atom stereocenters. The summed E-state index contributed by atoms with van der Waals surface area (Å²) in [4.78, 5) is 0.222. The van der Waals surface area contributed by atoms with Crippen molar-refractivity contribution < 1.29 is 8.42 Å². The second kappa shape index (κ2) is 9.68. The minimum atomic E-state index is -3.83. The van der Waals surface area contributed by atoms with E-state index in [-0.39, 0.29) is 10.8 Å². The quantitative estimate of drug-likeness (QED) is 0.382. The van der Waals surface area contributed by atoms with Gasteiger partial charge in [0.15, 0.2) is 0 Å². The van der Waals surface area contributed by atoms with E-state index in [4.69, 9.17) is 0 Å². The van der Waals surface area contributed by atoms with Gasteiger partial charge in [-0.15, -0.1) is 3.71 Å². The Morgan fingerprint density at radius 1 is 1.10 bits per heavy atom. The predicted octanol–water partition coefficient (Wildman–Crippen LogP) is 5.96. The van der Waals surface area contributed by atoms with Crippen LogP contribution < -0.4 is 0 Å². The molecule has 0 radical (unpaired) electrons. The van der Waals surface area contributed by atoms with Crippen molar-refractivity contribution in [1.82, 2.24) is 13.5 Å². The average Bonchev–Trinajstić information content (AvgIpc) is 3.23. The number of aromatic nitrogens is 2. The van der Waals surface area contributed by atoms with Gasteiger partial charge in [0.25, 0.3) is 10.0 Å². The van der Waals surface area contributed by atoms with E-state index in [1.54, 1.807) is 29.1 Å². The molecule has 0 amide bonds. The molecule has 0 saturated carbocycles. The van der Waals surface area contributed by atoms with Crippen LogP contribution in [-0.4, -0.2) is 21.9 Å². The summed E-state index contributed by atoms with van der Waals surface area (Å²) in [6, 6.07) is 16.2. The summed E-state index contributed by atoms with van der Waals surface area (Å²) in [6.07, 6.45) is 3.33. The van der Waals surface area contributed by atoms with Crippen LogP contribution in [0.4, 0.5) is 0 Å². The van der Waals surface area contributed by atoms with Crippen LogP contribution in [0.25, 0.3) is 5.69 Å². The fourth-order valence-corrected chi connectivity index (χ4v) is 5.82. The highest BCUT2D eigenvalue weighted by Gasteiger charge is 2.36. The normalized spacial score (nSPS) is 13.2. The average molecular weight is 509 g/mol. The zero-order valence-electron chi connectivity index (χ0n) is 17.2. The maximum atomic E-state index is 13.5. The largest absolute Gasteiger partial charge is 0.252 e. The van der Waals surface area contributed by atoms with E-state index < -0.39 is 16.1 Å². The molecule has 160 valence electrons. The highest BCUT2D eigenvalue weighted by molar-refractivity contribution is 9.10. The molecule has 1 aromatic heterocycles. The molecular weight excluding hydrogens is 482 g/mol. The summed E-state index contributed by atoms with van der Waals surface area (Å²) in [5, 5.41) is 4.48. The molecule has 5 nitrogen and oxygen atoms in total.